The lowest BCUT2D eigenvalue weighted by atomic mass is 9.85. The molecule has 1 spiro atoms. The lowest BCUT2D eigenvalue weighted by Gasteiger charge is -2.39. The number of piperidine rings is 1. The summed E-state index contributed by atoms with van der Waals surface area (Å²) in [5.41, 5.74) is 0.924. The fourth-order valence-electron chi connectivity index (χ4n) is 4.18. The zero-order valence-corrected chi connectivity index (χ0v) is 13.2. The number of ether oxygens (including phenoxy) is 1. The van der Waals surface area contributed by atoms with E-state index in [0.717, 1.165) is 37.8 Å². The molecule has 5 heteroatoms. The number of carbonyl (C=O) groups excluding carboxylic acids is 2. The molecule has 0 aromatic heterocycles. The summed E-state index contributed by atoms with van der Waals surface area (Å²) in [6, 6.07) is 7.84. The second kappa shape index (κ2) is 5.55. The molecule has 2 amide bonds. The Morgan fingerprint density at radius 2 is 2.00 bits per heavy atom. The SMILES string of the molecule is O=C1OC2(CCCN(C(=O)NC3CCCC3)C2)c2ccccc21. The van der Waals surface area contributed by atoms with E-state index >= 15 is 0 Å². The van der Waals surface area contributed by atoms with E-state index in [1.54, 1.807) is 0 Å². The second-order valence-corrected chi connectivity index (χ2v) is 6.89. The maximum Gasteiger partial charge on any atom is 0.339 e. The number of nitrogens with one attached hydrogen (secondary N) is 1. The van der Waals surface area contributed by atoms with Crippen LogP contribution in [0.4, 0.5) is 4.79 Å². The second-order valence-electron chi connectivity index (χ2n) is 6.89. The third-order valence-corrected chi connectivity index (χ3v) is 5.35. The van der Waals surface area contributed by atoms with Crippen LogP contribution >= 0.6 is 0 Å². The van der Waals surface area contributed by atoms with Gasteiger partial charge in [-0.1, -0.05) is 31.0 Å². The Kier molecular flexibility index (Phi) is 3.51. The van der Waals surface area contributed by atoms with Gasteiger partial charge < -0.3 is 15.0 Å². The van der Waals surface area contributed by atoms with Crippen molar-refractivity contribution in [2.24, 2.45) is 0 Å². The van der Waals surface area contributed by atoms with Crippen LogP contribution < -0.4 is 5.32 Å². The molecule has 23 heavy (non-hydrogen) atoms. The highest BCUT2D eigenvalue weighted by Gasteiger charge is 2.48. The average Bonchev–Trinajstić information content (AvgIpc) is 3.16. The zero-order chi connectivity index (χ0) is 15.9. The van der Waals surface area contributed by atoms with Gasteiger partial charge in [-0.2, -0.15) is 0 Å². The van der Waals surface area contributed by atoms with Crippen LogP contribution in [0.2, 0.25) is 0 Å². The number of urea groups is 1. The minimum absolute atomic E-state index is 0.0172. The van der Waals surface area contributed by atoms with Gasteiger partial charge in [0.1, 0.15) is 0 Å². The lowest BCUT2D eigenvalue weighted by Crippen LogP contribution is -2.53. The van der Waals surface area contributed by atoms with E-state index in [0.29, 0.717) is 18.2 Å². The van der Waals surface area contributed by atoms with Crippen molar-refractivity contribution in [2.75, 3.05) is 13.1 Å². The molecule has 1 saturated heterocycles. The molecule has 0 radical (unpaired) electrons. The summed E-state index contributed by atoms with van der Waals surface area (Å²) in [5.74, 6) is -0.265. The van der Waals surface area contributed by atoms with Crippen LogP contribution in [0.15, 0.2) is 24.3 Å². The first-order valence-corrected chi connectivity index (χ1v) is 8.56. The normalized spacial score (nSPS) is 27.1. The highest BCUT2D eigenvalue weighted by atomic mass is 16.6. The average molecular weight is 314 g/mol. The number of hydrogen-bond donors (Lipinski definition) is 1. The molecule has 1 unspecified atom stereocenters. The molecule has 1 atom stereocenters. The molecule has 2 fully saturated rings. The van der Waals surface area contributed by atoms with Crippen molar-refractivity contribution in [1.82, 2.24) is 10.2 Å². The van der Waals surface area contributed by atoms with Crippen LogP contribution in [-0.2, 0) is 10.3 Å². The number of rotatable bonds is 1. The first-order chi connectivity index (χ1) is 11.2. The first-order valence-electron chi connectivity index (χ1n) is 8.56. The lowest BCUT2D eigenvalue weighted by molar-refractivity contribution is -0.0411. The molecule has 1 aliphatic carbocycles. The summed E-state index contributed by atoms with van der Waals surface area (Å²) in [6.45, 7) is 1.17. The van der Waals surface area contributed by atoms with E-state index in [-0.39, 0.29) is 12.0 Å². The number of likely N-dealkylation sites (tertiary alicyclic amines) is 1. The Bertz CT molecular complexity index is 639. The molecule has 1 aromatic rings. The summed E-state index contributed by atoms with van der Waals surface area (Å²) >= 11 is 0. The van der Waals surface area contributed by atoms with Gasteiger partial charge >= 0.3 is 12.0 Å². The minimum Gasteiger partial charge on any atom is -0.449 e. The van der Waals surface area contributed by atoms with Crippen molar-refractivity contribution in [3.63, 3.8) is 0 Å². The van der Waals surface area contributed by atoms with Gasteiger partial charge in [0, 0.05) is 18.2 Å². The predicted molar refractivity (Wildman–Crippen MR) is 85.1 cm³/mol. The van der Waals surface area contributed by atoms with Crippen LogP contribution in [0.1, 0.15) is 54.4 Å². The molecule has 1 N–H and O–H groups in total. The minimum atomic E-state index is -0.654. The van der Waals surface area contributed by atoms with Gasteiger partial charge in [-0.3, -0.25) is 0 Å². The summed E-state index contributed by atoms with van der Waals surface area (Å²) in [6.07, 6.45) is 6.16. The van der Waals surface area contributed by atoms with Crippen molar-refractivity contribution >= 4 is 12.0 Å². The fourth-order valence-corrected chi connectivity index (χ4v) is 4.18. The summed E-state index contributed by atoms with van der Waals surface area (Å²) in [4.78, 5) is 26.5. The molecule has 3 aliphatic rings. The van der Waals surface area contributed by atoms with Crippen molar-refractivity contribution < 1.29 is 14.3 Å². The smallest absolute Gasteiger partial charge is 0.339 e. The van der Waals surface area contributed by atoms with Gasteiger partial charge in [-0.05, 0) is 31.7 Å². The molecule has 2 aliphatic heterocycles. The van der Waals surface area contributed by atoms with Crippen LogP contribution in [-0.4, -0.2) is 36.0 Å². The zero-order valence-electron chi connectivity index (χ0n) is 13.2. The number of fused-ring (bicyclic) bond motifs is 2. The van der Waals surface area contributed by atoms with Crippen LogP contribution in [0.5, 0.6) is 0 Å². The van der Waals surface area contributed by atoms with Crippen molar-refractivity contribution in [3.8, 4) is 0 Å². The molecule has 5 nitrogen and oxygen atoms in total. The number of benzene rings is 1. The molecular formula is C18H22N2O3. The quantitative estimate of drug-likeness (QED) is 0.811. The third kappa shape index (κ3) is 2.48. The maximum atomic E-state index is 12.6. The Hall–Kier alpha value is -2.04. The molecule has 1 aromatic carbocycles. The Balaban J connectivity index is 1.53. The van der Waals surface area contributed by atoms with E-state index in [1.807, 2.05) is 29.2 Å². The highest BCUT2D eigenvalue weighted by Crippen LogP contribution is 2.42. The van der Waals surface area contributed by atoms with E-state index < -0.39 is 5.60 Å². The Labute approximate surface area is 136 Å². The monoisotopic (exact) mass is 314 g/mol. The standard InChI is InChI=1S/C18H22N2O3/c21-16-14-8-3-4-9-15(14)18(23-16)10-5-11-20(12-18)17(22)19-13-6-1-2-7-13/h3-4,8-9,13H,1-2,5-7,10-12H2,(H,19,22). The van der Waals surface area contributed by atoms with Crippen LogP contribution in [0.3, 0.4) is 0 Å². The van der Waals surface area contributed by atoms with Crippen molar-refractivity contribution in [2.45, 2.75) is 50.2 Å². The molecule has 122 valence electrons. The van der Waals surface area contributed by atoms with E-state index in [4.69, 9.17) is 4.74 Å². The Morgan fingerprint density at radius 1 is 1.22 bits per heavy atom. The van der Waals surface area contributed by atoms with Crippen molar-refractivity contribution in [3.05, 3.63) is 35.4 Å². The Morgan fingerprint density at radius 3 is 2.83 bits per heavy atom. The number of esters is 1. The van der Waals surface area contributed by atoms with Gasteiger partial charge in [0.25, 0.3) is 0 Å². The van der Waals surface area contributed by atoms with E-state index in [2.05, 4.69) is 5.32 Å². The van der Waals surface area contributed by atoms with Gasteiger partial charge in [0.15, 0.2) is 5.60 Å². The summed E-state index contributed by atoms with van der Waals surface area (Å²) < 4.78 is 5.75. The van der Waals surface area contributed by atoms with Gasteiger partial charge in [-0.25, -0.2) is 9.59 Å². The number of amides is 2. The van der Waals surface area contributed by atoms with Crippen LogP contribution in [0, 0.1) is 0 Å². The largest absolute Gasteiger partial charge is 0.449 e. The van der Waals surface area contributed by atoms with Gasteiger partial charge in [0.05, 0.1) is 12.1 Å². The number of nitrogens with zero attached hydrogens (tertiary/aromatic N) is 1. The topological polar surface area (TPSA) is 58.6 Å². The summed E-state index contributed by atoms with van der Waals surface area (Å²) in [7, 11) is 0. The number of carbonyl (C=O) groups is 2. The molecule has 4 rings (SSSR count). The van der Waals surface area contributed by atoms with E-state index in [1.165, 1.54) is 12.8 Å². The summed E-state index contributed by atoms with van der Waals surface area (Å²) in [5, 5.41) is 3.14. The van der Waals surface area contributed by atoms with Gasteiger partial charge in [0.2, 0.25) is 0 Å². The van der Waals surface area contributed by atoms with Crippen LogP contribution in [0.25, 0.3) is 0 Å². The predicted octanol–water partition coefficient (Wildman–Crippen LogP) is 2.80. The van der Waals surface area contributed by atoms with Crippen molar-refractivity contribution in [1.29, 1.82) is 0 Å². The highest BCUT2D eigenvalue weighted by molar-refractivity contribution is 5.95. The number of hydrogen-bond acceptors (Lipinski definition) is 3. The maximum absolute atomic E-state index is 12.6. The fraction of sp³-hybridized carbons (Fsp3) is 0.556. The van der Waals surface area contributed by atoms with Gasteiger partial charge in [-0.15, -0.1) is 0 Å². The molecular weight excluding hydrogens is 292 g/mol. The molecule has 2 heterocycles. The first kappa shape index (κ1) is 14.5. The molecule has 1 saturated carbocycles. The van der Waals surface area contributed by atoms with E-state index in [9.17, 15) is 9.59 Å². The molecule has 0 bridgehead atoms. The third-order valence-electron chi connectivity index (χ3n) is 5.35.